The van der Waals surface area contributed by atoms with Crippen molar-refractivity contribution in [3.8, 4) is 0 Å². The molecule has 2 N–H and O–H groups in total. The Kier molecular flexibility index (Phi) is 6.22. The first-order chi connectivity index (χ1) is 15.2. The van der Waals surface area contributed by atoms with Crippen LogP contribution in [0.4, 0.5) is 23.9 Å². The van der Waals surface area contributed by atoms with Gasteiger partial charge in [0, 0.05) is 16.2 Å². The number of carbonyl (C=O) groups excluding carboxylic acids is 3. The number of halogens is 3. The Morgan fingerprint density at radius 2 is 2.00 bits per heavy atom. The maximum atomic E-state index is 12.9. The van der Waals surface area contributed by atoms with Gasteiger partial charge in [0.05, 0.1) is 29.2 Å². The molecule has 0 saturated heterocycles. The minimum atomic E-state index is -4.52. The van der Waals surface area contributed by atoms with E-state index in [-0.39, 0.29) is 12.1 Å². The van der Waals surface area contributed by atoms with E-state index in [0.717, 1.165) is 60.0 Å². The van der Waals surface area contributed by atoms with E-state index in [1.54, 1.807) is 0 Å². The molecule has 170 valence electrons. The zero-order chi connectivity index (χ0) is 23.0. The molecule has 0 spiro atoms. The number of methoxy groups -OCH3 is 1. The van der Waals surface area contributed by atoms with Gasteiger partial charge in [-0.3, -0.25) is 9.59 Å². The van der Waals surface area contributed by atoms with E-state index in [2.05, 4.69) is 10.6 Å². The van der Waals surface area contributed by atoms with Gasteiger partial charge in [0.1, 0.15) is 5.00 Å². The summed E-state index contributed by atoms with van der Waals surface area (Å²) in [6.45, 7) is 0. The van der Waals surface area contributed by atoms with Crippen LogP contribution >= 0.6 is 23.1 Å². The highest BCUT2D eigenvalue weighted by Gasteiger charge is 2.35. The van der Waals surface area contributed by atoms with Crippen molar-refractivity contribution < 1.29 is 32.3 Å². The molecule has 0 bridgehead atoms. The van der Waals surface area contributed by atoms with Gasteiger partial charge in [0.25, 0.3) is 0 Å². The van der Waals surface area contributed by atoms with Crippen molar-refractivity contribution in [3.05, 3.63) is 39.8 Å². The summed E-state index contributed by atoms with van der Waals surface area (Å²) in [5, 5.41) is 4.80. The van der Waals surface area contributed by atoms with E-state index in [1.807, 2.05) is 0 Å². The average molecular weight is 485 g/mol. The van der Waals surface area contributed by atoms with Crippen molar-refractivity contribution in [2.24, 2.45) is 0 Å². The number of fused-ring (bicyclic) bond motifs is 2. The fourth-order valence-corrected chi connectivity index (χ4v) is 6.16. The predicted octanol–water partition coefficient (Wildman–Crippen LogP) is 4.87. The Hall–Kier alpha value is -2.53. The lowest BCUT2D eigenvalue weighted by Gasteiger charge is -2.24. The number of thiophene rings is 1. The van der Waals surface area contributed by atoms with E-state index in [4.69, 9.17) is 4.74 Å². The van der Waals surface area contributed by atoms with Crippen molar-refractivity contribution in [2.75, 3.05) is 17.7 Å². The highest BCUT2D eigenvalue weighted by Crippen LogP contribution is 2.42. The van der Waals surface area contributed by atoms with Gasteiger partial charge in [0.15, 0.2) is 0 Å². The number of alkyl halides is 3. The first-order valence-corrected chi connectivity index (χ1v) is 11.6. The van der Waals surface area contributed by atoms with E-state index in [0.29, 0.717) is 15.5 Å². The summed E-state index contributed by atoms with van der Waals surface area (Å²) in [6.07, 6.45) is -1.18. The molecule has 1 aliphatic carbocycles. The second kappa shape index (κ2) is 8.78. The van der Waals surface area contributed by atoms with Crippen molar-refractivity contribution in [3.63, 3.8) is 0 Å². The van der Waals surface area contributed by atoms with Crippen molar-refractivity contribution >= 4 is 51.6 Å². The maximum Gasteiger partial charge on any atom is 0.416 e. The Labute approximate surface area is 189 Å². The maximum absolute atomic E-state index is 12.9. The number of hydrogen-bond acceptors (Lipinski definition) is 6. The van der Waals surface area contributed by atoms with E-state index in [9.17, 15) is 27.6 Å². The Morgan fingerprint density at radius 1 is 1.25 bits per heavy atom. The molecule has 6 nitrogen and oxygen atoms in total. The Morgan fingerprint density at radius 3 is 2.72 bits per heavy atom. The number of aryl methyl sites for hydroxylation is 1. The second-order valence-electron chi connectivity index (χ2n) is 7.46. The molecule has 4 rings (SSSR count). The fraction of sp³-hybridized carbons (Fsp3) is 0.381. The summed E-state index contributed by atoms with van der Waals surface area (Å²) in [7, 11) is 1.28. The van der Waals surface area contributed by atoms with Gasteiger partial charge in [-0.1, -0.05) is 0 Å². The highest BCUT2D eigenvalue weighted by molar-refractivity contribution is 8.01. The molecule has 2 heterocycles. The molecule has 2 amide bonds. The summed E-state index contributed by atoms with van der Waals surface area (Å²) in [4.78, 5) is 38.9. The summed E-state index contributed by atoms with van der Waals surface area (Å²) in [6, 6.07) is 3.12. The monoisotopic (exact) mass is 484 g/mol. The number of hydrogen-bond donors (Lipinski definition) is 2. The number of anilines is 2. The van der Waals surface area contributed by atoms with E-state index in [1.165, 1.54) is 24.5 Å². The molecule has 1 aliphatic heterocycles. The molecular formula is C21H19F3N2O4S2. The lowest BCUT2D eigenvalue weighted by Crippen LogP contribution is -2.32. The molecule has 2 aliphatic rings. The quantitative estimate of drug-likeness (QED) is 0.605. The van der Waals surface area contributed by atoms with Crippen LogP contribution in [0, 0.1) is 0 Å². The van der Waals surface area contributed by atoms with Crippen molar-refractivity contribution in [1.82, 2.24) is 0 Å². The minimum absolute atomic E-state index is 0.0744. The van der Waals surface area contributed by atoms with E-state index < -0.39 is 34.8 Å². The number of benzene rings is 1. The van der Waals surface area contributed by atoms with Gasteiger partial charge >= 0.3 is 12.1 Å². The number of carbonyl (C=O) groups is 3. The second-order valence-corrected chi connectivity index (χ2v) is 9.81. The smallest absolute Gasteiger partial charge is 0.416 e. The standard InChI is InChI=1S/C21H19F3N2O4S2/c1-30-20(29)17-11-4-2-3-5-13(11)32-19(17)26-16(27)9-15-18(28)25-12-8-10(21(22,23)24)6-7-14(12)31-15/h6-8,15H,2-5,9H2,1H3,(H,25,28)(H,26,27)/t15-/m0/s1. The predicted molar refractivity (Wildman–Crippen MR) is 115 cm³/mol. The van der Waals surface area contributed by atoms with Crippen LogP contribution in [0.2, 0.25) is 0 Å². The van der Waals surface area contributed by atoms with Crippen LogP contribution in [0.1, 0.15) is 45.6 Å². The van der Waals surface area contributed by atoms with Crippen LogP contribution in [0.15, 0.2) is 23.1 Å². The van der Waals surface area contributed by atoms with Gasteiger partial charge in [-0.05, 0) is 49.4 Å². The molecule has 0 saturated carbocycles. The first-order valence-electron chi connectivity index (χ1n) is 9.89. The SMILES string of the molecule is COC(=O)c1c(NC(=O)C[C@@H]2Sc3ccc(C(F)(F)F)cc3NC2=O)sc2c1CCCC2. The molecule has 11 heteroatoms. The third-order valence-electron chi connectivity index (χ3n) is 5.31. The summed E-state index contributed by atoms with van der Waals surface area (Å²) in [5.74, 6) is -1.52. The normalized spacial score (nSPS) is 17.8. The molecular weight excluding hydrogens is 465 g/mol. The first kappa shape index (κ1) is 22.7. The molecule has 0 unspecified atom stereocenters. The Balaban J connectivity index is 1.49. The van der Waals surface area contributed by atoms with Crippen LogP contribution < -0.4 is 10.6 Å². The summed E-state index contributed by atoms with van der Waals surface area (Å²) < 4.78 is 43.6. The summed E-state index contributed by atoms with van der Waals surface area (Å²) >= 11 is 2.38. The van der Waals surface area contributed by atoms with Crippen LogP contribution in [-0.4, -0.2) is 30.1 Å². The van der Waals surface area contributed by atoms with Crippen LogP contribution in [0.25, 0.3) is 0 Å². The molecule has 1 atom stereocenters. The fourth-order valence-electron chi connectivity index (χ4n) is 3.78. The van der Waals surface area contributed by atoms with Crippen molar-refractivity contribution in [1.29, 1.82) is 0 Å². The zero-order valence-electron chi connectivity index (χ0n) is 16.9. The summed E-state index contributed by atoms with van der Waals surface area (Å²) in [5.41, 5.74) is 0.490. The number of esters is 1. The highest BCUT2D eigenvalue weighted by atomic mass is 32.2. The average Bonchev–Trinajstić information content (AvgIpc) is 3.10. The molecule has 1 aromatic heterocycles. The molecule has 0 radical (unpaired) electrons. The minimum Gasteiger partial charge on any atom is -0.465 e. The zero-order valence-corrected chi connectivity index (χ0v) is 18.6. The van der Waals surface area contributed by atoms with Crippen LogP contribution in [0.5, 0.6) is 0 Å². The Bertz CT molecular complexity index is 1100. The molecule has 1 aromatic carbocycles. The lowest BCUT2D eigenvalue weighted by atomic mass is 9.95. The molecule has 2 aromatic rings. The number of amides is 2. The third kappa shape index (κ3) is 4.49. The van der Waals surface area contributed by atoms with Gasteiger partial charge in [-0.2, -0.15) is 13.2 Å². The van der Waals surface area contributed by atoms with Gasteiger partial charge in [-0.25, -0.2) is 4.79 Å². The molecule has 32 heavy (non-hydrogen) atoms. The largest absolute Gasteiger partial charge is 0.465 e. The number of nitrogens with one attached hydrogen (secondary N) is 2. The number of thioether (sulfide) groups is 1. The van der Waals surface area contributed by atoms with Crippen LogP contribution in [-0.2, 0) is 33.3 Å². The van der Waals surface area contributed by atoms with Crippen LogP contribution in [0.3, 0.4) is 0 Å². The third-order valence-corrected chi connectivity index (χ3v) is 7.79. The number of ether oxygens (including phenoxy) is 1. The van der Waals surface area contributed by atoms with Gasteiger partial charge in [-0.15, -0.1) is 23.1 Å². The van der Waals surface area contributed by atoms with E-state index >= 15 is 0 Å². The van der Waals surface area contributed by atoms with Gasteiger partial charge in [0.2, 0.25) is 11.8 Å². The lowest BCUT2D eigenvalue weighted by molar-refractivity contribution is -0.137. The van der Waals surface area contributed by atoms with Gasteiger partial charge < -0.3 is 15.4 Å². The topological polar surface area (TPSA) is 84.5 Å². The number of rotatable bonds is 4. The van der Waals surface area contributed by atoms with Crippen molar-refractivity contribution in [2.45, 2.75) is 48.4 Å². The molecule has 0 fully saturated rings.